The van der Waals surface area contributed by atoms with E-state index in [4.69, 9.17) is 4.74 Å². The lowest BCUT2D eigenvalue weighted by Gasteiger charge is -2.41. The fourth-order valence-corrected chi connectivity index (χ4v) is 3.25. The summed E-state index contributed by atoms with van der Waals surface area (Å²) in [6, 6.07) is 9.53. The second-order valence-electron chi connectivity index (χ2n) is 7.11. The lowest BCUT2D eigenvalue weighted by atomic mass is 9.69. The molecule has 2 N–H and O–H groups in total. The second kappa shape index (κ2) is 6.60. The van der Waals surface area contributed by atoms with Crippen LogP contribution in [0.25, 0.3) is 0 Å². The van der Waals surface area contributed by atoms with E-state index < -0.39 is 23.2 Å². The molecule has 1 amide bonds. The number of nitrogens with one attached hydrogen (secondary N) is 1. The number of rotatable bonds is 3. The van der Waals surface area contributed by atoms with Gasteiger partial charge in [-0.25, -0.2) is 9.59 Å². The molecule has 1 fully saturated rings. The van der Waals surface area contributed by atoms with Crippen molar-refractivity contribution in [1.82, 2.24) is 5.32 Å². The molecule has 1 saturated carbocycles. The maximum Gasteiger partial charge on any atom is 0.408 e. The molecule has 1 aromatic rings. The van der Waals surface area contributed by atoms with E-state index >= 15 is 0 Å². The van der Waals surface area contributed by atoms with Gasteiger partial charge in [0, 0.05) is 5.92 Å². The van der Waals surface area contributed by atoms with Gasteiger partial charge in [-0.15, -0.1) is 0 Å². The Bertz CT molecular complexity index is 564. The number of hydrogen-bond acceptors (Lipinski definition) is 3. The van der Waals surface area contributed by atoms with E-state index in [-0.39, 0.29) is 5.92 Å². The topological polar surface area (TPSA) is 75.6 Å². The summed E-state index contributed by atoms with van der Waals surface area (Å²) in [5.74, 6) is -1.26. The van der Waals surface area contributed by atoms with Crippen LogP contribution in [0.3, 0.4) is 0 Å². The molecule has 0 radical (unpaired) electrons. The molecule has 0 aromatic heterocycles. The number of carbonyl (C=O) groups is 2. The van der Waals surface area contributed by atoms with E-state index in [2.05, 4.69) is 5.32 Å². The van der Waals surface area contributed by atoms with Gasteiger partial charge in [0.05, 0.1) is 0 Å². The van der Waals surface area contributed by atoms with Gasteiger partial charge in [-0.05, 0) is 39.2 Å². The summed E-state index contributed by atoms with van der Waals surface area (Å²) < 4.78 is 5.29. The van der Waals surface area contributed by atoms with E-state index in [1.54, 1.807) is 20.8 Å². The lowest BCUT2D eigenvalue weighted by molar-refractivity contribution is -0.147. The molecule has 5 heteroatoms. The first-order chi connectivity index (χ1) is 10.7. The van der Waals surface area contributed by atoms with Crippen molar-refractivity contribution in [3.63, 3.8) is 0 Å². The van der Waals surface area contributed by atoms with Crippen LogP contribution < -0.4 is 5.32 Å². The predicted molar refractivity (Wildman–Crippen MR) is 87.4 cm³/mol. The molecule has 0 heterocycles. The van der Waals surface area contributed by atoms with Crippen LogP contribution >= 0.6 is 0 Å². The highest BCUT2D eigenvalue weighted by Crippen LogP contribution is 2.41. The molecule has 0 saturated heterocycles. The molecule has 2 atom stereocenters. The Morgan fingerprint density at radius 3 is 2.43 bits per heavy atom. The van der Waals surface area contributed by atoms with Crippen molar-refractivity contribution in [1.29, 1.82) is 0 Å². The van der Waals surface area contributed by atoms with Crippen molar-refractivity contribution in [2.24, 2.45) is 0 Å². The van der Waals surface area contributed by atoms with Gasteiger partial charge in [0.2, 0.25) is 0 Å². The third-order valence-electron chi connectivity index (χ3n) is 4.22. The third-order valence-corrected chi connectivity index (χ3v) is 4.22. The number of carbonyl (C=O) groups excluding carboxylic acids is 1. The molecule has 0 aliphatic heterocycles. The van der Waals surface area contributed by atoms with Gasteiger partial charge in [0.15, 0.2) is 0 Å². The van der Waals surface area contributed by atoms with Crippen molar-refractivity contribution in [2.45, 2.75) is 63.5 Å². The summed E-state index contributed by atoms with van der Waals surface area (Å²) >= 11 is 0. The zero-order valence-corrected chi connectivity index (χ0v) is 14.0. The molecule has 5 nitrogen and oxygen atoms in total. The molecule has 2 rings (SSSR count). The van der Waals surface area contributed by atoms with Crippen molar-refractivity contribution in [2.75, 3.05) is 0 Å². The molecular formula is C18H25NO4. The summed E-state index contributed by atoms with van der Waals surface area (Å²) in [4.78, 5) is 24.3. The van der Waals surface area contributed by atoms with E-state index in [9.17, 15) is 14.7 Å². The van der Waals surface area contributed by atoms with Crippen LogP contribution in [0.2, 0.25) is 0 Å². The number of amides is 1. The average molecular weight is 319 g/mol. The standard InChI is InChI=1S/C18H25NO4/c1-17(2,3)23-16(22)19-18(15(20)21)12-8-7-11-14(18)13-9-5-4-6-10-13/h4-6,9-10,14H,7-8,11-12H2,1-3H3,(H,19,22)(H,20,21). The maximum absolute atomic E-state index is 12.2. The minimum absolute atomic E-state index is 0.262. The number of alkyl carbamates (subject to hydrolysis) is 1. The van der Waals surface area contributed by atoms with E-state index in [0.29, 0.717) is 6.42 Å². The van der Waals surface area contributed by atoms with E-state index in [1.807, 2.05) is 30.3 Å². The Hall–Kier alpha value is -2.04. The fourth-order valence-electron chi connectivity index (χ4n) is 3.25. The number of carboxylic acids is 1. The summed E-state index contributed by atoms with van der Waals surface area (Å²) in [6.07, 6.45) is 2.17. The maximum atomic E-state index is 12.2. The SMILES string of the molecule is CC(C)(C)OC(=O)NC1(C(=O)O)CCCCC1c1ccccc1. The van der Waals surface area contributed by atoms with Crippen LogP contribution in [0, 0.1) is 0 Å². The van der Waals surface area contributed by atoms with E-state index in [1.165, 1.54) is 0 Å². The molecule has 0 bridgehead atoms. The smallest absolute Gasteiger partial charge is 0.408 e. The first-order valence-electron chi connectivity index (χ1n) is 8.04. The quantitative estimate of drug-likeness (QED) is 0.891. The molecule has 1 aliphatic carbocycles. The summed E-state index contributed by atoms with van der Waals surface area (Å²) in [5, 5.41) is 12.6. The first-order valence-corrected chi connectivity index (χ1v) is 8.04. The normalized spacial score (nSPS) is 24.7. The Balaban J connectivity index is 2.32. The van der Waals surface area contributed by atoms with Crippen LogP contribution in [0.15, 0.2) is 30.3 Å². The fraction of sp³-hybridized carbons (Fsp3) is 0.556. The molecule has 0 spiro atoms. The number of hydrogen-bond donors (Lipinski definition) is 2. The zero-order chi connectivity index (χ0) is 17.1. The molecule has 2 unspecified atom stereocenters. The molecule has 1 aromatic carbocycles. The zero-order valence-electron chi connectivity index (χ0n) is 14.0. The minimum atomic E-state index is -1.32. The van der Waals surface area contributed by atoms with Gasteiger partial charge in [-0.2, -0.15) is 0 Å². The Labute approximate surface area is 137 Å². The van der Waals surface area contributed by atoms with E-state index in [0.717, 1.165) is 24.8 Å². The van der Waals surface area contributed by atoms with Crippen LogP contribution in [0.5, 0.6) is 0 Å². The van der Waals surface area contributed by atoms with Crippen molar-refractivity contribution in [3.05, 3.63) is 35.9 Å². The number of carboxylic acid groups (broad SMARTS) is 1. The lowest BCUT2D eigenvalue weighted by Crippen LogP contribution is -2.60. The first kappa shape index (κ1) is 17.3. The molecule has 23 heavy (non-hydrogen) atoms. The minimum Gasteiger partial charge on any atom is -0.479 e. The molecule has 126 valence electrons. The van der Waals surface area contributed by atoms with Crippen molar-refractivity contribution >= 4 is 12.1 Å². The van der Waals surface area contributed by atoms with Crippen LogP contribution in [-0.4, -0.2) is 28.3 Å². The summed E-state index contributed by atoms with van der Waals surface area (Å²) in [6.45, 7) is 5.28. The Morgan fingerprint density at radius 2 is 1.87 bits per heavy atom. The van der Waals surface area contributed by atoms with Crippen LogP contribution in [0.4, 0.5) is 4.79 Å². The van der Waals surface area contributed by atoms with Gasteiger partial charge in [0.1, 0.15) is 11.1 Å². The van der Waals surface area contributed by atoms with Gasteiger partial charge in [0.25, 0.3) is 0 Å². The predicted octanol–water partition coefficient (Wildman–Crippen LogP) is 3.69. The molecular weight excluding hydrogens is 294 g/mol. The van der Waals surface area contributed by atoms with Gasteiger partial charge in [-0.3, -0.25) is 0 Å². The second-order valence-corrected chi connectivity index (χ2v) is 7.11. The highest BCUT2D eigenvalue weighted by atomic mass is 16.6. The highest BCUT2D eigenvalue weighted by Gasteiger charge is 2.49. The van der Waals surface area contributed by atoms with Gasteiger partial charge < -0.3 is 15.2 Å². The van der Waals surface area contributed by atoms with Crippen molar-refractivity contribution < 1.29 is 19.4 Å². The summed E-state index contributed by atoms with van der Waals surface area (Å²) in [5.41, 5.74) is -1.05. The van der Waals surface area contributed by atoms with Crippen molar-refractivity contribution in [3.8, 4) is 0 Å². The Morgan fingerprint density at radius 1 is 1.22 bits per heavy atom. The average Bonchev–Trinajstić information content (AvgIpc) is 2.46. The summed E-state index contributed by atoms with van der Waals surface area (Å²) in [7, 11) is 0. The largest absolute Gasteiger partial charge is 0.479 e. The van der Waals surface area contributed by atoms with Crippen LogP contribution in [-0.2, 0) is 9.53 Å². The number of ether oxygens (including phenoxy) is 1. The van der Waals surface area contributed by atoms with Gasteiger partial charge >= 0.3 is 12.1 Å². The number of benzene rings is 1. The van der Waals surface area contributed by atoms with Gasteiger partial charge in [-0.1, -0.05) is 43.2 Å². The number of aliphatic carboxylic acids is 1. The van der Waals surface area contributed by atoms with Crippen LogP contribution in [0.1, 0.15) is 57.9 Å². The monoisotopic (exact) mass is 319 g/mol. The Kier molecular flexibility index (Phi) is 4.97. The highest BCUT2D eigenvalue weighted by molar-refractivity contribution is 5.86. The third kappa shape index (κ3) is 4.03. The molecule has 1 aliphatic rings.